The first-order chi connectivity index (χ1) is 11.4. The molecular weight excluding hydrogens is 371 g/mol. The molecule has 0 bridgehead atoms. The summed E-state index contributed by atoms with van der Waals surface area (Å²) in [4.78, 5) is 24.6. The zero-order chi connectivity index (χ0) is 17.9. The number of esters is 1. The number of ether oxygens (including phenoxy) is 1. The van der Waals surface area contributed by atoms with E-state index >= 15 is 0 Å². The van der Waals surface area contributed by atoms with E-state index in [1.54, 1.807) is 19.9 Å². The van der Waals surface area contributed by atoms with Crippen LogP contribution in [0.1, 0.15) is 38.1 Å². The molecule has 1 N–H and O–H groups in total. The molecule has 124 valence electrons. The summed E-state index contributed by atoms with van der Waals surface area (Å²) in [6.45, 7) is 3.54. The van der Waals surface area contributed by atoms with E-state index < -0.39 is 11.9 Å². The third-order valence-corrected chi connectivity index (χ3v) is 4.87. The largest absolute Gasteiger partial charge is 0.462 e. The van der Waals surface area contributed by atoms with Crippen LogP contribution in [0.3, 0.4) is 0 Å². The fourth-order valence-corrected chi connectivity index (χ4v) is 3.39. The van der Waals surface area contributed by atoms with Crippen LogP contribution in [-0.4, -0.2) is 18.5 Å². The van der Waals surface area contributed by atoms with E-state index in [0.717, 1.165) is 11.3 Å². The molecule has 0 aliphatic heterocycles. The first-order valence-electron chi connectivity index (χ1n) is 6.86. The van der Waals surface area contributed by atoms with Crippen LogP contribution >= 0.6 is 34.5 Å². The fraction of sp³-hybridized carbons (Fsp3) is 0.188. The quantitative estimate of drug-likeness (QED) is 0.779. The van der Waals surface area contributed by atoms with Gasteiger partial charge in [0.05, 0.1) is 22.8 Å². The van der Waals surface area contributed by atoms with E-state index in [1.807, 2.05) is 6.07 Å². The Morgan fingerprint density at radius 3 is 2.71 bits per heavy atom. The van der Waals surface area contributed by atoms with Crippen LogP contribution < -0.4 is 5.32 Å². The van der Waals surface area contributed by atoms with Crippen molar-refractivity contribution in [3.05, 3.63) is 49.8 Å². The zero-order valence-electron chi connectivity index (χ0n) is 12.8. The number of carbonyl (C=O) groups is 2. The van der Waals surface area contributed by atoms with Gasteiger partial charge in [0.15, 0.2) is 0 Å². The lowest BCUT2D eigenvalue weighted by Crippen LogP contribution is -2.12. The Labute approximate surface area is 152 Å². The van der Waals surface area contributed by atoms with Crippen LogP contribution in [-0.2, 0) is 4.74 Å². The van der Waals surface area contributed by atoms with Crippen molar-refractivity contribution in [2.75, 3.05) is 11.9 Å². The predicted molar refractivity (Wildman–Crippen MR) is 94.1 cm³/mol. The average Bonchev–Trinajstić information content (AvgIpc) is 2.85. The number of anilines is 1. The highest BCUT2D eigenvalue weighted by Crippen LogP contribution is 2.34. The number of nitrogens with zero attached hydrogens (tertiary/aromatic N) is 1. The number of rotatable bonds is 4. The summed E-state index contributed by atoms with van der Waals surface area (Å²) in [7, 11) is 0. The maximum absolute atomic E-state index is 12.4. The van der Waals surface area contributed by atoms with Gasteiger partial charge in [-0.25, -0.2) is 4.79 Å². The van der Waals surface area contributed by atoms with Gasteiger partial charge in [-0.3, -0.25) is 4.79 Å². The maximum atomic E-state index is 12.4. The normalized spacial score (nSPS) is 10.1. The first kappa shape index (κ1) is 18.3. The molecule has 0 spiro atoms. The molecule has 1 aromatic heterocycles. The van der Waals surface area contributed by atoms with Crippen molar-refractivity contribution in [3.63, 3.8) is 0 Å². The minimum atomic E-state index is -0.530. The van der Waals surface area contributed by atoms with Crippen molar-refractivity contribution >= 4 is 51.4 Å². The second-order valence-corrected chi connectivity index (χ2v) is 6.54. The third-order valence-electron chi connectivity index (χ3n) is 3.12. The summed E-state index contributed by atoms with van der Waals surface area (Å²) >= 11 is 12.9. The highest BCUT2D eigenvalue weighted by atomic mass is 35.5. The van der Waals surface area contributed by atoms with Crippen LogP contribution in [0.5, 0.6) is 0 Å². The van der Waals surface area contributed by atoms with E-state index in [-0.39, 0.29) is 32.6 Å². The SMILES string of the molecule is CCOC(=O)c1sc(NC(=O)c2cc(Cl)ccc2Cl)c(C#N)c1C. The molecule has 24 heavy (non-hydrogen) atoms. The van der Waals surface area contributed by atoms with Gasteiger partial charge in [-0.05, 0) is 37.6 Å². The summed E-state index contributed by atoms with van der Waals surface area (Å²) in [5.41, 5.74) is 0.861. The van der Waals surface area contributed by atoms with E-state index in [2.05, 4.69) is 5.32 Å². The van der Waals surface area contributed by atoms with E-state index in [9.17, 15) is 14.9 Å². The van der Waals surface area contributed by atoms with E-state index in [1.165, 1.54) is 12.1 Å². The zero-order valence-corrected chi connectivity index (χ0v) is 15.1. The Morgan fingerprint density at radius 1 is 1.38 bits per heavy atom. The summed E-state index contributed by atoms with van der Waals surface area (Å²) < 4.78 is 4.96. The third kappa shape index (κ3) is 3.70. The van der Waals surface area contributed by atoms with Crippen LogP contribution in [0.2, 0.25) is 10.0 Å². The van der Waals surface area contributed by atoms with Crippen molar-refractivity contribution in [2.45, 2.75) is 13.8 Å². The highest BCUT2D eigenvalue weighted by Gasteiger charge is 2.23. The molecule has 0 saturated carbocycles. The summed E-state index contributed by atoms with van der Waals surface area (Å²) in [6, 6.07) is 6.49. The van der Waals surface area contributed by atoms with Gasteiger partial charge in [0, 0.05) is 5.02 Å². The van der Waals surface area contributed by atoms with Crippen molar-refractivity contribution in [2.24, 2.45) is 0 Å². The Kier molecular flexibility index (Phi) is 5.84. The topological polar surface area (TPSA) is 79.2 Å². The van der Waals surface area contributed by atoms with Gasteiger partial charge in [0.2, 0.25) is 0 Å². The fourth-order valence-electron chi connectivity index (χ4n) is 1.97. The Morgan fingerprint density at radius 2 is 2.08 bits per heavy atom. The minimum absolute atomic E-state index is 0.178. The van der Waals surface area contributed by atoms with Crippen LogP contribution in [0.15, 0.2) is 18.2 Å². The second kappa shape index (κ2) is 7.67. The van der Waals surface area contributed by atoms with Crippen molar-refractivity contribution in [3.8, 4) is 6.07 Å². The lowest BCUT2D eigenvalue weighted by Gasteiger charge is -2.06. The summed E-state index contributed by atoms with van der Waals surface area (Å²) in [6.07, 6.45) is 0. The second-order valence-electron chi connectivity index (χ2n) is 4.67. The smallest absolute Gasteiger partial charge is 0.348 e. The van der Waals surface area contributed by atoms with Gasteiger partial charge in [-0.1, -0.05) is 23.2 Å². The number of nitrogens with one attached hydrogen (secondary N) is 1. The lowest BCUT2D eigenvalue weighted by molar-refractivity contribution is 0.0531. The van der Waals surface area contributed by atoms with Gasteiger partial charge >= 0.3 is 5.97 Å². The molecule has 0 fully saturated rings. The van der Waals surface area contributed by atoms with Gasteiger partial charge in [-0.15, -0.1) is 11.3 Å². The molecule has 0 atom stereocenters. The molecule has 5 nitrogen and oxygen atoms in total. The molecule has 1 aromatic carbocycles. The highest BCUT2D eigenvalue weighted by molar-refractivity contribution is 7.18. The number of hydrogen-bond acceptors (Lipinski definition) is 5. The van der Waals surface area contributed by atoms with Crippen LogP contribution in [0.25, 0.3) is 0 Å². The number of amides is 1. The Bertz CT molecular complexity index is 856. The number of nitriles is 1. The predicted octanol–water partition coefficient (Wildman–Crippen LogP) is 4.66. The molecular formula is C16H12Cl2N2O3S. The van der Waals surface area contributed by atoms with Crippen molar-refractivity contribution < 1.29 is 14.3 Å². The van der Waals surface area contributed by atoms with E-state index in [0.29, 0.717) is 10.6 Å². The van der Waals surface area contributed by atoms with Gasteiger partial charge < -0.3 is 10.1 Å². The Balaban J connectivity index is 2.37. The average molecular weight is 383 g/mol. The van der Waals surface area contributed by atoms with Gasteiger partial charge in [0.1, 0.15) is 15.9 Å². The number of carbonyl (C=O) groups excluding carboxylic acids is 2. The molecule has 8 heteroatoms. The molecule has 0 aliphatic carbocycles. The first-order valence-corrected chi connectivity index (χ1v) is 8.43. The number of benzene rings is 1. The lowest BCUT2D eigenvalue weighted by atomic mass is 10.1. The number of halogens is 2. The maximum Gasteiger partial charge on any atom is 0.348 e. The molecule has 0 aliphatic rings. The number of thiophene rings is 1. The molecule has 0 radical (unpaired) electrons. The molecule has 1 amide bonds. The van der Waals surface area contributed by atoms with Crippen LogP contribution in [0, 0.1) is 18.3 Å². The summed E-state index contributed by atoms with van der Waals surface area (Å²) in [5, 5.41) is 12.8. The monoisotopic (exact) mass is 382 g/mol. The molecule has 1 heterocycles. The minimum Gasteiger partial charge on any atom is -0.462 e. The van der Waals surface area contributed by atoms with Gasteiger partial charge in [0.25, 0.3) is 5.91 Å². The van der Waals surface area contributed by atoms with E-state index in [4.69, 9.17) is 27.9 Å². The molecule has 0 saturated heterocycles. The van der Waals surface area contributed by atoms with Gasteiger partial charge in [-0.2, -0.15) is 5.26 Å². The molecule has 0 unspecified atom stereocenters. The molecule has 2 aromatic rings. The van der Waals surface area contributed by atoms with Crippen molar-refractivity contribution in [1.29, 1.82) is 5.26 Å². The standard InChI is InChI=1S/C16H12Cl2N2O3S/c1-3-23-16(22)13-8(2)11(7-19)15(24-13)20-14(21)10-6-9(17)4-5-12(10)18/h4-6H,3H2,1-2H3,(H,20,21). The van der Waals surface area contributed by atoms with Crippen molar-refractivity contribution in [1.82, 2.24) is 0 Å². The molecule has 2 rings (SSSR count). The van der Waals surface area contributed by atoms with Crippen LogP contribution in [0.4, 0.5) is 5.00 Å². The Hall–Kier alpha value is -2.07. The number of hydrogen-bond donors (Lipinski definition) is 1. The summed E-state index contributed by atoms with van der Waals surface area (Å²) in [5.74, 6) is -1.05.